The van der Waals surface area contributed by atoms with Gasteiger partial charge in [0.15, 0.2) is 0 Å². The first-order valence-electron chi connectivity index (χ1n) is 9.29. The summed E-state index contributed by atoms with van der Waals surface area (Å²) in [5.74, 6) is 0.145. The first kappa shape index (κ1) is 17.7. The molecule has 4 nitrogen and oxygen atoms in total. The summed E-state index contributed by atoms with van der Waals surface area (Å²) in [6, 6.07) is 15.2. The monoisotopic (exact) mass is 339 g/mol. The number of piperazine rings is 1. The molecule has 1 fully saturated rings. The summed E-state index contributed by atoms with van der Waals surface area (Å²) in [5, 5.41) is 0. The number of nitrogens with zero attached hydrogens (tertiary/aromatic N) is 3. The molecule has 0 bridgehead atoms. The minimum atomic E-state index is 0.145. The third-order valence-electron chi connectivity index (χ3n) is 5.36. The Kier molecular flexibility index (Phi) is 5.28. The van der Waals surface area contributed by atoms with Crippen molar-refractivity contribution in [3.05, 3.63) is 48.2 Å². The van der Waals surface area contributed by atoms with Crippen molar-refractivity contribution in [1.82, 2.24) is 14.4 Å². The van der Waals surface area contributed by atoms with E-state index in [2.05, 4.69) is 37.8 Å². The number of hydrogen-bond acceptors (Lipinski definition) is 2. The maximum atomic E-state index is 13.1. The van der Waals surface area contributed by atoms with Crippen LogP contribution in [0.2, 0.25) is 0 Å². The van der Waals surface area contributed by atoms with Crippen LogP contribution in [0.25, 0.3) is 11.3 Å². The Hall–Kier alpha value is -2.07. The second-order valence-corrected chi connectivity index (χ2v) is 7.17. The van der Waals surface area contributed by atoms with Crippen LogP contribution in [-0.2, 0) is 7.05 Å². The fraction of sp³-hybridized carbons (Fsp3) is 0.476. The van der Waals surface area contributed by atoms with Crippen LogP contribution in [0.1, 0.15) is 37.7 Å². The van der Waals surface area contributed by atoms with Crippen molar-refractivity contribution in [3.8, 4) is 11.3 Å². The number of carbonyl (C=O) groups excluding carboxylic acids is 1. The van der Waals surface area contributed by atoms with Gasteiger partial charge in [-0.3, -0.25) is 9.69 Å². The largest absolute Gasteiger partial charge is 0.340 e. The molecule has 134 valence electrons. The van der Waals surface area contributed by atoms with E-state index in [9.17, 15) is 4.79 Å². The van der Waals surface area contributed by atoms with Crippen molar-refractivity contribution in [2.75, 3.05) is 19.6 Å². The zero-order valence-electron chi connectivity index (χ0n) is 15.8. The summed E-state index contributed by atoms with van der Waals surface area (Å²) < 4.78 is 2.02. The van der Waals surface area contributed by atoms with Crippen molar-refractivity contribution >= 4 is 5.91 Å². The van der Waals surface area contributed by atoms with E-state index < -0.39 is 0 Å². The van der Waals surface area contributed by atoms with Crippen molar-refractivity contribution in [2.24, 2.45) is 7.05 Å². The van der Waals surface area contributed by atoms with Gasteiger partial charge in [0.1, 0.15) is 5.69 Å². The minimum absolute atomic E-state index is 0.145. The number of benzene rings is 1. The molecule has 3 rings (SSSR count). The van der Waals surface area contributed by atoms with Gasteiger partial charge in [0.2, 0.25) is 0 Å². The number of carbonyl (C=O) groups is 1. The molecule has 0 spiro atoms. The van der Waals surface area contributed by atoms with E-state index in [1.54, 1.807) is 0 Å². The first-order valence-corrected chi connectivity index (χ1v) is 9.29. The van der Waals surface area contributed by atoms with Gasteiger partial charge in [-0.15, -0.1) is 0 Å². The summed E-state index contributed by atoms with van der Waals surface area (Å²) in [7, 11) is 1.98. The van der Waals surface area contributed by atoms with Gasteiger partial charge in [-0.05, 0) is 38.0 Å². The highest BCUT2D eigenvalue weighted by Gasteiger charge is 2.31. The molecule has 0 radical (unpaired) electrons. The Balaban J connectivity index is 1.79. The standard InChI is InChI=1S/C21H29N3O/c1-5-18-15-23(13-14-24(18)16(2)3)21(25)20-12-11-19(22(20)4)17-9-7-6-8-10-17/h6-12,16,18H,5,13-15H2,1-4H3. The molecule has 25 heavy (non-hydrogen) atoms. The fourth-order valence-corrected chi connectivity index (χ4v) is 3.88. The van der Waals surface area contributed by atoms with Crippen molar-refractivity contribution < 1.29 is 4.79 Å². The SMILES string of the molecule is CCC1CN(C(=O)c2ccc(-c3ccccc3)n2C)CCN1C(C)C. The summed E-state index contributed by atoms with van der Waals surface area (Å²) >= 11 is 0. The topological polar surface area (TPSA) is 28.5 Å². The molecule has 1 aromatic carbocycles. The Bertz CT molecular complexity index is 720. The van der Waals surface area contributed by atoms with Gasteiger partial charge in [0.25, 0.3) is 5.91 Å². The van der Waals surface area contributed by atoms with Gasteiger partial charge in [-0.2, -0.15) is 0 Å². The van der Waals surface area contributed by atoms with Crippen LogP contribution in [0.15, 0.2) is 42.5 Å². The second kappa shape index (κ2) is 7.44. The molecule has 1 aromatic heterocycles. The lowest BCUT2D eigenvalue weighted by Crippen LogP contribution is -2.56. The number of hydrogen-bond donors (Lipinski definition) is 0. The van der Waals surface area contributed by atoms with E-state index in [-0.39, 0.29) is 5.91 Å². The molecule has 2 heterocycles. The third kappa shape index (κ3) is 3.49. The lowest BCUT2D eigenvalue weighted by molar-refractivity contribution is 0.0365. The van der Waals surface area contributed by atoms with Crippen molar-refractivity contribution in [1.29, 1.82) is 0 Å². The van der Waals surface area contributed by atoms with Gasteiger partial charge in [-0.25, -0.2) is 0 Å². The van der Waals surface area contributed by atoms with E-state index in [0.717, 1.165) is 43.0 Å². The highest BCUT2D eigenvalue weighted by molar-refractivity contribution is 5.94. The molecule has 4 heteroatoms. The molecular weight excluding hydrogens is 310 g/mol. The normalized spacial score (nSPS) is 18.8. The lowest BCUT2D eigenvalue weighted by atomic mass is 10.1. The molecule has 1 saturated heterocycles. The van der Waals surface area contributed by atoms with Crippen LogP contribution in [-0.4, -0.2) is 52.0 Å². The Labute approximate surface area is 151 Å². The Morgan fingerprint density at radius 3 is 2.48 bits per heavy atom. The average Bonchev–Trinajstić information content (AvgIpc) is 3.02. The Morgan fingerprint density at radius 2 is 1.84 bits per heavy atom. The number of aromatic nitrogens is 1. The molecule has 1 atom stereocenters. The highest BCUT2D eigenvalue weighted by atomic mass is 16.2. The average molecular weight is 339 g/mol. The molecule has 1 aliphatic heterocycles. The van der Waals surface area contributed by atoms with Crippen molar-refractivity contribution in [3.63, 3.8) is 0 Å². The highest BCUT2D eigenvalue weighted by Crippen LogP contribution is 2.23. The van der Waals surface area contributed by atoms with Gasteiger partial charge >= 0.3 is 0 Å². The number of amides is 1. The molecular formula is C21H29N3O. The molecule has 0 N–H and O–H groups in total. The fourth-order valence-electron chi connectivity index (χ4n) is 3.88. The van der Waals surface area contributed by atoms with Crippen LogP contribution < -0.4 is 0 Å². The molecule has 1 amide bonds. The van der Waals surface area contributed by atoms with Crippen LogP contribution >= 0.6 is 0 Å². The van der Waals surface area contributed by atoms with Gasteiger partial charge in [0.05, 0.1) is 0 Å². The van der Waals surface area contributed by atoms with E-state index in [1.165, 1.54) is 0 Å². The third-order valence-corrected chi connectivity index (χ3v) is 5.36. The van der Waals surface area contributed by atoms with Gasteiger partial charge in [0, 0.05) is 44.5 Å². The maximum absolute atomic E-state index is 13.1. The zero-order chi connectivity index (χ0) is 18.0. The Morgan fingerprint density at radius 1 is 1.12 bits per heavy atom. The van der Waals surface area contributed by atoms with Crippen LogP contribution in [0.5, 0.6) is 0 Å². The summed E-state index contributed by atoms with van der Waals surface area (Å²) in [6.07, 6.45) is 1.07. The van der Waals surface area contributed by atoms with E-state index >= 15 is 0 Å². The smallest absolute Gasteiger partial charge is 0.270 e. The lowest BCUT2D eigenvalue weighted by Gasteiger charge is -2.43. The molecule has 0 saturated carbocycles. The molecule has 2 aromatic rings. The summed E-state index contributed by atoms with van der Waals surface area (Å²) in [5.41, 5.74) is 2.99. The van der Waals surface area contributed by atoms with Crippen molar-refractivity contribution in [2.45, 2.75) is 39.3 Å². The predicted octanol–water partition coefficient (Wildman–Crippen LogP) is 3.64. The zero-order valence-corrected chi connectivity index (χ0v) is 15.8. The van der Waals surface area contributed by atoms with Gasteiger partial charge in [-0.1, -0.05) is 37.3 Å². The van der Waals surface area contributed by atoms with E-state index in [4.69, 9.17) is 0 Å². The summed E-state index contributed by atoms with van der Waals surface area (Å²) in [4.78, 5) is 17.6. The van der Waals surface area contributed by atoms with E-state index in [0.29, 0.717) is 12.1 Å². The first-order chi connectivity index (χ1) is 12.0. The van der Waals surface area contributed by atoms with E-state index in [1.807, 2.05) is 46.8 Å². The van der Waals surface area contributed by atoms with Crippen LogP contribution in [0.4, 0.5) is 0 Å². The predicted molar refractivity (Wildman–Crippen MR) is 103 cm³/mol. The second-order valence-electron chi connectivity index (χ2n) is 7.17. The van der Waals surface area contributed by atoms with Crippen LogP contribution in [0.3, 0.4) is 0 Å². The quantitative estimate of drug-likeness (QED) is 0.851. The number of rotatable bonds is 4. The van der Waals surface area contributed by atoms with Crippen LogP contribution in [0, 0.1) is 0 Å². The minimum Gasteiger partial charge on any atom is -0.340 e. The maximum Gasteiger partial charge on any atom is 0.270 e. The summed E-state index contributed by atoms with van der Waals surface area (Å²) in [6.45, 7) is 9.27. The molecule has 1 unspecified atom stereocenters. The van der Waals surface area contributed by atoms with Gasteiger partial charge < -0.3 is 9.47 Å². The molecule has 0 aliphatic carbocycles. The molecule has 1 aliphatic rings.